The Morgan fingerprint density at radius 2 is 1.54 bits per heavy atom. The Morgan fingerprint density at radius 1 is 1.00 bits per heavy atom. The zero-order chi connectivity index (χ0) is 10.5. The van der Waals surface area contributed by atoms with Gasteiger partial charge in [0.05, 0.1) is 19.5 Å². The number of rotatable bonds is 6. The summed E-state index contributed by atoms with van der Waals surface area (Å²) in [5, 5.41) is 0. The Morgan fingerprint density at radius 3 is 1.92 bits per heavy atom. The summed E-state index contributed by atoms with van der Waals surface area (Å²) < 4.78 is 50.7. The van der Waals surface area contributed by atoms with Gasteiger partial charge in [-0.1, -0.05) is 0 Å². The molecular weight excluding hydrogens is 220 g/mol. The van der Waals surface area contributed by atoms with Crippen LogP contribution in [-0.2, 0) is 28.9 Å². The van der Waals surface area contributed by atoms with Gasteiger partial charge < -0.3 is 4.74 Å². The normalized spacial score (nSPS) is 13.1. The molecule has 0 aromatic rings. The first kappa shape index (κ1) is 12.8. The molecule has 0 aromatic heterocycles. The minimum Gasteiger partial charge on any atom is -0.363 e. The lowest BCUT2D eigenvalue weighted by Gasteiger charge is -2.02. The van der Waals surface area contributed by atoms with E-state index in [1.54, 1.807) is 0 Å². The Bertz CT molecular complexity index is 292. The molecule has 0 atom stereocenters. The van der Waals surface area contributed by atoms with Crippen molar-refractivity contribution in [2.75, 3.05) is 31.7 Å². The van der Waals surface area contributed by atoms with Gasteiger partial charge in [-0.25, -0.2) is 8.42 Å². The van der Waals surface area contributed by atoms with Crippen LogP contribution < -0.4 is 0 Å². The third-order valence-corrected chi connectivity index (χ3v) is 2.01. The van der Waals surface area contributed by atoms with Crippen molar-refractivity contribution in [3.05, 3.63) is 0 Å². The van der Waals surface area contributed by atoms with Crippen LogP contribution in [0.15, 0.2) is 0 Å². The van der Waals surface area contributed by atoms with E-state index in [-0.39, 0.29) is 13.2 Å². The molecule has 0 bridgehead atoms. The molecule has 0 rings (SSSR count). The fourth-order valence-corrected chi connectivity index (χ4v) is 1.25. The first-order valence-electron chi connectivity index (χ1n) is 3.30. The van der Waals surface area contributed by atoms with Gasteiger partial charge in [0, 0.05) is 6.26 Å². The second-order valence-electron chi connectivity index (χ2n) is 2.48. The van der Waals surface area contributed by atoms with Gasteiger partial charge in [0.15, 0.2) is 9.84 Å². The van der Waals surface area contributed by atoms with Crippen LogP contribution in [0.25, 0.3) is 0 Å². The molecule has 8 heteroatoms. The van der Waals surface area contributed by atoms with E-state index in [0.717, 1.165) is 12.5 Å². The summed E-state index contributed by atoms with van der Waals surface area (Å²) in [5.41, 5.74) is 0. The lowest BCUT2D eigenvalue weighted by molar-refractivity contribution is 0.135. The van der Waals surface area contributed by atoms with Crippen LogP contribution in [0.4, 0.5) is 0 Å². The maximum absolute atomic E-state index is 10.5. The van der Waals surface area contributed by atoms with Gasteiger partial charge in [0.2, 0.25) is 0 Å². The summed E-state index contributed by atoms with van der Waals surface area (Å²) in [4.78, 5) is 0. The summed E-state index contributed by atoms with van der Waals surface area (Å²) in [6.45, 7) is -0.242. The van der Waals surface area contributed by atoms with E-state index in [4.69, 9.17) is 0 Å². The molecule has 0 heterocycles. The smallest absolute Gasteiger partial charge is 0.264 e. The third kappa shape index (κ3) is 11.8. The van der Waals surface area contributed by atoms with E-state index in [0.29, 0.717) is 0 Å². The highest BCUT2D eigenvalue weighted by molar-refractivity contribution is 7.90. The van der Waals surface area contributed by atoms with Gasteiger partial charge in [-0.05, 0) is 0 Å². The molecule has 0 aliphatic carbocycles. The molecule has 0 radical (unpaired) electrons. The zero-order valence-electron chi connectivity index (χ0n) is 7.39. The molecule has 0 saturated heterocycles. The molecule has 0 aromatic carbocycles. The van der Waals surface area contributed by atoms with E-state index in [1.807, 2.05) is 0 Å². The number of hydrogen-bond acceptors (Lipinski definition) is 6. The molecule has 0 spiro atoms. The lowest BCUT2D eigenvalue weighted by Crippen LogP contribution is -2.13. The topological polar surface area (TPSA) is 86.7 Å². The minimum absolute atomic E-state index is 0.0693. The van der Waals surface area contributed by atoms with Crippen LogP contribution >= 0.6 is 0 Å². The molecule has 0 fully saturated rings. The fourth-order valence-electron chi connectivity index (χ4n) is 0.455. The molecule has 0 aliphatic heterocycles. The summed E-state index contributed by atoms with van der Waals surface area (Å²) in [6, 6.07) is 0. The monoisotopic (exact) mass is 232 g/mol. The van der Waals surface area contributed by atoms with E-state index in [1.165, 1.54) is 0 Å². The van der Waals surface area contributed by atoms with Gasteiger partial charge in [0.25, 0.3) is 10.1 Å². The number of hydrogen-bond donors (Lipinski definition) is 0. The molecule has 0 N–H and O–H groups in total. The van der Waals surface area contributed by atoms with Gasteiger partial charge in [-0.15, -0.1) is 0 Å². The van der Waals surface area contributed by atoms with Crippen molar-refractivity contribution in [2.24, 2.45) is 0 Å². The fraction of sp³-hybridized carbons (Fsp3) is 1.00. The van der Waals surface area contributed by atoms with Crippen LogP contribution in [0.2, 0.25) is 0 Å². The zero-order valence-corrected chi connectivity index (χ0v) is 9.02. The molecule has 13 heavy (non-hydrogen) atoms. The molecule has 6 nitrogen and oxygen atoms in total. The molecule has 0 aliphatic rings. The van der Waals surface area contributed by atoms with Crippen LogP contribution in [0.3, 0.4) is 0 Å². The highest BCUT2D eigenvalue weighted by Crippen LogP contribution is 1.88. The maximum Gasteiger partial charge on any atom is 0.264 e. The number of sulfone groups is 1. The Kier molecular flexibility index (Phi) is 4.82. The van der Waals surface area contributed by atoms with E-state index < -0.39 is 25.9 Å². The van der Waals surface area contributed by atoms with Crippen LogP contribution in [0.5, 0.6) is 0 Å². The Hall–Kier alpha value is -0.180. The second kappa shape index (κ2) is 4.89. The Labute approximate surface area is 77.9 Å². The summed E-state index contributed by atoms with van der Waals surface area (Å²) in [6.07, 6.45) is 1.92. The largest absolute Gasteiger partial charge is 0.363 e. The highest BCUT2D eigenvalue weighted by Gasteiger charge is 2.03. The molecule has 0 unspecified atom stereocenters. The second-order valence-corrected chi connectivity index (χ2v) is 6.21. The quantitative estimate of drug-likeness (QED) is 0.430. The van der Waals surface area contributed by atoms with Crippen LogP contribution in [0.1, 0.15) is 0 Å². The van der Waals surface area contributed by atoms with Crippen molar-refractivity contribution in [2.45, 2.75) is 0 Å². The summed E-state index contributed by atoms with van der Waals surface area (Å²) >= 11 is 0. The first-order chi connectivity index (χ1) is 5.71. The van der Waals surface area contributed by atoms with Crippen LogP contribution in [0, 0.1) is 0 Å². The van der Waals surface area contributed by atoms with Crippen molar-refractivity contribution in [3.8, 4) is 0 Å². The Balaban J connectivity index is 3.50. The summed E-state index contributed by atoms with van der Waals surface area (Å²) in [5.74, 6) is -0.430. The van der Waals surface area contributed by atoms with Crippen molar-refractivity contribution < 1.29 is 25.8 Å². The van der Waals surface area contributed by atoms with E-state index in [9.17, 15) is 16.8 Å². The predicted molar refractivity (Wildman–Crippen MR) is 46.5 cm³/mol. The molecule has 0 amide bonds. The maximum atomic E-state index is 10.5. The summed E-state index contributed by atoms with van der Waals surface area (Å²) in [7, 11) is -6.64. The average Bonchev–Trinajstić information content (AvgIpc) is 1.81. The van der Waals surface area contributed by atoms with Gasteiger partial charge in [0.1, 0.15) is 5.94 Å². The van der Waals surface area contributed by atoms with Crippen molar-refractivity contribution in [1.29, 1.82) is 0 Å². The average molecular weight is 232 g/mol. The van der Waals surface area contributed by atoms with Gasteiger partial charge in [-0.3, -0.25) is 4.18 Å². The molecular formula is C5H12O6S2. The number of ether oxygens (including phenoxy) is 1. The minimum atomic E-state index is -3.47. The standard InChI is InChI=1S/C5H12O6S2/c1-12(6,7)5-10-3-4-11-13(2,8)9/h3-5H2,1-2H3. The van der Waals surface area contributed by atoms with Gasteiger partial charge >= 0.3 is 0 Å². The van der Waals surface area contributed by atoms with Gasteiger partial charge in [-0.2, -0.15) is 8.42 Å². The lowest BCUT2D eigenvalue weighted by atomic mass is 10.8. The van der Waals surface area contributed by atoms with E-state index in [2.05, 4.69) is 8.92 Å². The first-order valence-corrected chi connectivity index (χ1v) is 7.18. The molecule has 80 valence electrons. The van der Waals surface area contributed by atoms with E-state index >= 15 is 0 Å². The van der Waals surface area contributed by atoms with Crippen molar-refractivity contribution in [3.63, 3.8) is 0 Å². The highest BCUT2D eigenvalue weighted by atomic mass is 32.2. The predicted octanol–water partition coefficient (Wildman–Crippen LogP) is -1.02. The SMILES string of the molecule is CS(=O)(=O)COCCOS(C)(=O)=O. The van der Waals surface area contributed by atoms with Crippen molar-refractivity contribution >= 4 is 20.0 Å². The molecule has 0 saturated carbocycles. The van der Waals surface area contributed by atoms with Crippen molar-refractivity contribution in [1.82, 2.24) is 0 Å². The third-order valence-electron chi connectivity index (χ3n) is 0.822. The van der Waals surface area contributed by atoms with Crippen LogP contribution in [-0.4, -0.2) is 48.5 Å².